The third kappa shape index (κ3) is 2.88. The summed E-state index contributed by atoms with van der Waals surface area (Å²) in [6, 6.07) is 13.8. The maximum atomic E-state index is 5.73. The molecule has 1 aliphatic heterocycles. The highest BCUT2D eigenvalue weighted by molar-refractivity contribution is 7.15. The zero-order valence-corrected chi connectivity index (χ0v) is 13.9. The van der Waals surface area contributed by atoms with Crippen LogP contribution in [0, 0.1) is 0 Å². The fourth-order valence-electron chi connectivity index (χ4n) is 2.47. The summed E-state index contributed by atoms with van der Waals surface area (Å²) in [5.74, 6) is 1.19. The SMILES string of the molecule is C[C@]1(c2cnc(-c3ccccc3)s2)CC(Oc2cccnc2)=NO1. The molecule has 0 aliphatic carbocycles. The summed E-state index contributed by atoms with van der Waals surface area (Å²) in [6.07, 6.45) is 5.76. The normalized spacial score (nSPS) is 19.6. The summed E-state index contributed by atoms with van der Waals surface area (Å²) in [6.45, 7) is 2.00. The van der Waals surface area contributed by atoms with Gasteiger partial charge in [-0.1, -0.05) is 35.5 Å². The number of hydrogen-bond acceptors (Lipinski definition) is 6. The quantitative estimate of drug-likeness (QED) is 0.717. The number of ether oxygens (including phenoxy) is 1. The number of oxime groups is 1. The van der Waals surface area contributed by atoms with Gasteiger partial charge in [0.2, 0.25) is 5.90 Å². The van der Waals surface area contributed by atoms with Crippen LogP contribution in [0.4, 0.5) is 0 Å². The van der Waals surface area contributed by atoms with Crippen LogP contribution in [0.5, 0.6) is 5.75 Å². The summed E-state index contributed by atoms with van der Waals surface area (Å²) in [5, 5.41) is 5.06. The minimum atomic E-state index is -0.553. The highest BCUT2D eigenvalue weighted by Gasteiger charge is 2.39. The second-order valence-corrected chi connectivity index (χ2v) is 6.70. The number of aromatic nitrogens is 2. The van der Waals surface area contributed by atoms with E-state index in [-0.39, 0.29) is 0 Å². The Bertz CT molecular complexity index is 864. The standard InChI is InChI=1S/C18H15N3O2S/c1-18(10-16(21-23-18)22-14-8-5-9-19-11-14)15-12-20-17(24-15)13-6-3-2-4-7-13/h2-9,11-12H,10H2,1H3/t18-/m1/s1. The number of pyridine rings is 1. The van der Waals surface area contributed by atoms with Gasteiger partial charge in [-0.2, -0.15) is 0 Å². The first-order valence-corrected chi connectivity index (χ1v) is 8.39. The maximum absolute atomic E-state index is 5.73. The van der Waals surface area contributed by atoms with Gasteiger partial charge in [-0.3, -0.25) is 4.98 Å². The summed E-state index contributed by atoms with van der Waals surface area (Å²) in [7, 11) is 0. The minimum absolute atomic E-state index is 0.542. The van der Waals surface area contributed by atoms with Crippen LogP contribution < -0.4 is 4.74 Å². The minimum Gasteiger partial charge on any atom is -0.438 e. The third-order valence-electron chi connectivity index (χ3n) is 3.76. The molecular weight excluding hydrogens is 322 g/mol. The first-order chi connectivity index (χ1) is 11.7. The van der Waals surface area contributed by atoms with Crippen molar-refractivity contribution in [1.29, 1.82) is 0 Å². The van der Waals surface area contributed by atoms with Crippen molar-refractivity contribution in [2.24, 2.45) is 5.16 Å². The van der Waals surface area contributed by atoms with Gasteiger partial charge in [0.1, 0.15) is 10.8 Å². The van der Waals surface area contributed by atoms with Crippen molar-refractivity contribution in [2.75, 3.05) is 0 Å². The highest BCUT2D eigenvalue weighted by Crippen LogP contribution is 2.39. The lowest BCUT2D eigenvalue weighted by molar-refractivity contribution is -0.00463. The van der Waals surface area contributed by atoms with E-state index in [4.69, 9.17) is 9.57 Å². The molecule has 0 unspecified atom stereocenters. The molecule has 1 atom stereocenters. The van der Waals surface area contributed by atoms with Crippen molar-refractivity contribution in [3.8, 4) is 16.3 Å². The van der Waals surface area contributed by atoms with Gasteiger partial charge in [0, 0.05) is 18.0 Å². The molecule has 0 radical (unpaired) electrons. The first-order valence-electron chi connectivity index (χ1n) is 7.58. The summed E-state index contributed by atoms with van der Waals surface area (Å²) >= 11 is 1.61. The Hall–Kier alpha value is -2.73. The zero-order valence-electron chi connectivity index (χ0n) is 13.0. The predicted octanol–water partition coefficient (Wildman–Crippen LogP) is 4.23. The van der Waals surface area contributed by atoms with Gasteiger partial charge < -0.3 is 9.57 Å². The van der Waals surface area contributed by atoms with Crippen molar-refractivity contribution < 1.29 is 9.57 Å². The molecule has 5 nitrogen and oxygen atoms in total. The molecule has 3 heterocycles. The topological polar surface area (TPSA) is 56.6 Å². The second kappa shape index (κ2) is 6.05. The van der Waals surface area contributed by atoms with Gasteiger partial charge in [-0.25, -0.2) is 4.98 Å². The fraction of sp³-hybridized carbons (Fsp3) is 0.167. The van der Waals surface area contributed by atoms with Crippen LogP contribution in [0.2, 0.25) is 0 Å². The van der Waals surface area contributed by atoms with Crippen LogP contribution in [0.1, 0.15) is 18.2 Å². The molecule has 6 heteroatoms. The van der Waals surface area contributed by atoms with E-state index >= 15 is 0 Å². The Labute approximate surface area is 143 Å². The molecule has 0 amide bonds. The van der Waals surface area contributed by atoms with E-state index in [1.54, 1.807) is 23.7 Å². The third-order valence-corrected chi connectivity index (χ3v) is 5.05. The van der Waals surface area contributed by atoms with Crippen LogP contribution >= 0.6 is 11.3 Å². The number of benzene rings is 1. The Morgan fingerprint density at radius 1 is 1.12 bits per heavy atom. The molecule has 3 aromatic rings. The van der Waals surface area contributed by atoms with Crippen molar-refractivity contribution >= 4 is 17.2 Å². The van der Waals surface area contributed by atoms with Crippen molar-refractivity contribution in [3.63, 3.8) is 0 Å². The molecule has 1 aromatic carbocycles. The molecule has 24 heavy (non-hydrogen) atoms. The Morgan fingerprint density at radius 2 is 2.00 bits per heavy atom. The van der Waals surface area contributed by atoms with Gasteiger partial charge in [0.05, 0.1) is 17.5 Å². The molecule has 1 aliphatic rings. The number of hydrogen-bond donors (Lipinski definition) is 0. The van der Waals surface area contributed by atoms with E-state index in [1.165, 1.54) is 0 Å². The van der Waals surface area contributed by atoms with Gasteiger partial charge in [0.15, 0.2) is 5.60 Å². The van der Waals surface area contributed by atoms with Gasteiger partial charge >= 0.3 is 0 Å². The van der Waals surface area contributed by atoms with Gasteiger partial charge in [-0.05, 0) is 19.1 Å². The summed E-state index contributed by atoms with van der Waals surface area (Å²) < 4.78 is 5.73. The van der Waals surface area contributed by atoms with E-state index in [9.17, 15) is 0 Å². The van der Waals surface area contributed by atoms with Gasteiger partial charge in [0.25, 0.3) is 0 Å². The molecule has 0 bridgehead atoms. The lowest BCUT2D eigenvalue weighted by atomic mass is 10.0. The first kappa shape index (κ1) is 14.8. The van der Waals surface area contributed by atoms with E-state index in [2.05, 4.69) is 15.1 Å². The van der Waals surface area contributed by atoms with Crippen LogP contribution in [-0.2, 0) is 10.4 Å². The molecule has 0 saturated heterocycles. The van der Waals surface area contributed by atoms with Crippen molar-refractivity contribution in [2.45, 2.75) is 18.9 Å². The van der Waals surface area contributed by atoms with Crippen LogP contribution in [0.15, 0.2) is 66.2 Å². The lowest BCUT2D eigenvalue weighted by Gasteiger charge is -2.18. The molecular formula is C18H15N3O2S. The molecule has 2 aromatic heterocycles. The van der Waals surface area contributed by atoms with Crippen LogP contribution in [0.25, 0.3) is 10.6 Å². The highest BCUT2D eigenvalue weighted by atomic mass is 32.1. The second-order valence-electron chi connectivity index (χ2n) is 5.67. The average Bonchev–Trinajstić information content (AvgIpc) is 3.25. The number of thiazole rings is 1. The van der Waals surface area contributed by atoms with Crippen molar-refractivity contribution in [3.05, 3.63) is 65.9 Å². The maximum Gasteiger partial charge on any atom is 0.235 e. The summed E-state index contributed by atoms with van der Waals surface area (Å²) in [4.78, 5) is 15.2. The zero-order chi connectivity index (χ0) is 16.4. The number of rotatable bonds is 3. The molecule has 4 rings (SSSR count). The van der Waals surface area contributed by atoms with E-state index in [0.29, 0.717) is 18.1 Å². The fourth-order valence-corrected chi connectivity index (χ4v) is 3.47. The van der Waals surface area contributed by atoms with E-state index < -0.39 is 5.60 Å². The largest absolute Gasteiger partial charge is 0.438 e. The van der Waals surface area contributed by atoms with Crippen LogP contribution in [0.3, 0.4) is 0 Å². The van der Waals surface area contributed by atoms with Crippen LogP contribution in [-0.4, -0.2) is 15.9 Å². The Morgan fingerprint density at radius 3 is 2.79 bits per heavy atom. The predicted molar refractivity (Wildman–Crippen MR) is 92.9 cm³/mol. The molecule has 120 valence electrons. The Balaban J connectivity index is 1.50. The van der Waals surface area contributed by atoms with E-state index in [1.807, 2.05) is 55.6 Å². The molecule has 0 fully saturated rings. The monoisotopic (exact) mass is 337 g/mol. The van der Waals surface area contributed by atoms with Crippen molar-refractivity contribution in [1.82, 2.24) is 9.97 Å². The Kier molecular flexibility index (Phi) is 3.74. The lowest BCUT2D eigenvalue weighted by Crippen LogP contribution is -2.21. The smallest absolute Gasteiger partial charge is 0.235 e. The van der Waals surface area contributed by atoms with Gasteiger partial charge in [-0.15, -0.1) is 11.3 Å². The molecule has 0 saturated carbocycles. The molecule has 0 N–H and O–H groups in total. The average molecular weight is 337 g/mol. The summed E-state index contributed by atoms with van der Waals surface area (Å²) in [5.41, 5.74) is 0.547. The van der Waals surface area contributed by atoms with E-state index in [0.717, 1.165) is 15.4 Å². The number of nitrogens with zero attached hydrogens (tertiary/aromatic N) is 3. The molecule has 0 spiro atoms.